The van der Waals surface area contributed by atoms with Crippen molar-refractivity contribution in [3.63, 3.8) is 0 Å². The highest BCUT2D eigenvalue weighted by Crippen LogP contribution is 2.14. The Morgan fingerprint density at radius 1 is 1.20 bits per heavy atom. The van der Waals surface area contributed by atoms with Crippen LogP contribution in [0.15, 0.2) is 42.6 Å². The molecule has 0 bridgehead atoms. The summed E-state index contributed by atoms with van der Waals surface area (Å²) in [6.07, 6.45) is 1.61. The number of benzene rings is 1. The molecule has 0 fully saturated rings. The van der Waals surface area contributed by atoms with Gasteiger partial charge in [-0.2, -0.15) is 0 Å². The van der Waals surface area contributed by atoms with Crippen LogP contribution in [-0.2, 0) is 9.53 Å². The van der Waals surface area contributed by atoms with E-state index in [-0.39, 0.29) is 6.61 Å². The van der Waals surface area contributed by atoms with E-state index in [1.165, 1.54) is 0 Å². The molecule has 0 atom stereocenters. The van der Waals surface area contributed by atoms with Crippen LogP contribution in [-0.4, -0.2) is 30.6 Å². The molecule has 0 unspecified atom stereocenters. The van der Waals surface area contributed by atoms with Crippen molar-refractivity contribution in [3.8, 4) is 5.75 Å². The molecule has 6 heteroatoms. The lowest BCUT2D eigenvalue weighted by molar-refractivity contribution is -0.119. The van der Waals surface area contributed by atoms with Crippen molar-refractivity contribution in [1.29, 1.82) is 0 Å². The zero-order valence-electron chi connectivity index (χ0n) is 10.9. The molecule has 0 saturated heterocycles. The zero-order valence-corrected chi connectivity index (χ0v) is 10.9. The van der Waals surface area contributed by atoms with Gasteiger partial charge < -0.3 is 19.8 Å². The fraction of sp³-hybridized carbons (Fsp3) is 0.143. The van der Waals surface area contributed by atoms with Crippen molar-refractivity contribution in [3.05, 3.63) is 48.3 Å². The average molecular weight is 274 g/mol. The van der Waals surface area contributed by atoms with Gasteiger partial charge in [0.25, 0.3) is 5.91 Å². The Hall–Kier alpha value is -2.76. The molecule has 104 valence electrons. The summed E-state index contributed by atoms with van der Waals surface area (Å²) in [6, 6.07) is 10.1. The summed E-state index contributed by atoms with van der Waals surface area (Å²) in [5.41, 5.74) is 0.911. The fourth-order valence-electron chi connectivity index (χ4n) is 1.54. The number of H-pyrrole nitrogens is 1. The molecule has 2 N–H and O–H groups in total. The van der Waals surface area contributed by atoms with Crippen LogP contribution in [0.25, 0.3) is 0 Å². The molecular formula is C14H14N2O4. The van der Waals surface area contributed by atoms with E-state index in [0.29, 0.717) is 17.1 Å². The Labute approximate surface area is 115 Å². The van der Waals surface area contributed by atoms with Gasteiger partial charge in [-0.05, 0) is 36.4 Å². The number of rotatable bonds is 5. The molecule has 0 aliphatic heterocycles. The van der Waals surface area contributed by atoms with E-state index in [1.807, 2.05) is 0 Å². The van der Waals surface area contributed by atoms with E-state index >= 15 is 0 Å². The highest BCUT2D eigenvalue weighted by molar-refractivity contribution is 5.94. The number of ether oxygens (including phenoxy) is 2. The van der Waals surface area contributed by atoms with Crippen molar-refractivity contribution >= 4 is 17.6 Å². The molecule has 0 spiro atoms. The van der Waals surface area contributed by atoms with E-state index in [0.717, 1.165) is 0 Å². The van der Waals surface area contributed by atoms with E-state index in [4.69, 9.17) is 9.47 Å². The second-order valence-electron chi connectivity index (χ2n) is 3.94. The maximum atomic E-state index is 11.6. The number of carbonyl (C=O) groups is 2. The summed E-state index contributed by atoms with van der Waals surface area (Å²) in [4.78, 5) is 25.8. The van der Waals surface area contributed by atoms with E-state index in [2.05, 4.69) is 10.3 Å². The van der Waals surface area contributed by atoms with Crippen molar-refractivity contribution < 1.29 is 19.1 Å². The molecule has 2 rings (SSSR count). The summed E-state index contributed by atoms with van der Waals surface area (Å²) in [7, 11) is 1.56. The lowest BCUT2D eigenvalue weighted by Gasteiger charge is -2.06. The number of anilines is 1. The van der Waals surface area contributed by atoms with Crippen LogP contribution in [0.2, 0.25) is 0 Å². The molecule has 20 heavy (non-hydrogen) atoms. The first-order valence-corrected chi connectivity index (χ1v) is 5.93. The van der Waals surface area contributed by atoms with Crippen LogP contribution in [0.1, 0.15) is 10.5 Å². The first-order chi connectivity index (χ1) is 9.69. The Bertz CT molecular complexity index is 576. The minimum atomic E-state index is -0.570. The van der Waals surface area contributed by atoms with Gasteiger partial charge in [-0.25, -0.2) is 4.79 Å². The molecule has 0 aliphatic rings. The summed E-state index contributed by atoms with van der Waals surface area (Å²) in [6.45, 7) is -0.343. The molecule has 1 aromatic heterocycles. The van der Waals surface area contributed by atoms with Gasteiger partial charge in [0.2, 0.25) is 0 Å². The molecule has 1 amide bonds. The quantitative estimate of drug-likeness (QED) is 0.815. The highest BCUT2D eigenvalue weighted by Gasteiger charge is 2.10. The molecule has 1 heterocycles. The molecule has 0 saturated carbocycles. The molecule has 1 aromatic carbocycles. The first-order valence-electron chi connectivity index (χ1n) is 5.93. The Balaban J connectivity index is 1.81. The molecular weight excluding hydrogens is 260 g/mol. The van der Waals surface area contributed by atoms with Gasteiger partial charge >= 0.3 is 5.97 Å². The predicted octanol–water partition coefficient (Wildman–Crippen LogP) is 1.82. The minimum absolute atomic E-state index is 0.308. The van der Waals surface area contributed by atoms with Crippen LogP contribution >= 0.6 is 0 Å². The second-order valence-corrected chi connectivity index (χ2v) is 3.94. The third-order valence-electron chi connectivity index (χ3n) is 2.53. The number of methoxy groups -OCH3 is 1. The van der Waals surface area contributed by atoms with Crippen LogP contribution in [0.3, 0.4) is 0 Å². The number of esters is 1. The van der Waals surface area contributed by atoms with Gasteiger partial charge in [-0.3, -0.25) is 4.79 Å². The molecule has 6 nitrogen and oxygen atoms in total. The number of aromatic amines is 1. The summed E-state index contributed by atoms with van der Waals surface area (Å²) < 4.78 is 9.87. The van der Waals surface area contributed by atoms with Crippen LogP contribution in [0, 0.1) is 0 Å². The van der Waals surface area contributed by atoms with Gasteiger partial charge in [-0.15, -0.1) is 0 Å². The van der Waals surface area contributed by atoms with Gasteiger partial charge in [0.1, 0.15) is 11.4 Å². The Morgan fingerprint density at radius 3 is 2.55 bits per heavy atom. The minimum Gasteiger partial charge on any atom is -0.497 e. The molecule has 2 aromatic rings. The van der Waals surface area contributed by atoms with Crippen LogP contribution in [0.4, 0.5) is 5.69 Å². The number of nitrogens with one attached hydrogen (secondary N) is 2. The summed E-state index contributed by atoms with van der Waals surface area (Å²) >= 11 is 0. The zero-order chi connectivity index (χ0) is 14.4. The van der Waals surface area contributed by atoms with E-state index in [9.17, 15) is 9.59 Å². The smallest absolute Gasteiger partial charge is 0.355 e. The topological polar surface area (TPSA) is 80.4 Å². The Kier molecular flexibility index (Phi) is 4.39. The maximum Gasteiger partial charge on any atom is 0.355 e. The third-order valence-corrected chi connectivity index (χ3v) is 2.53. The normalized spacial score (nSPS) is 9.85. The number of hydrogen-bond donors (Lipinski definition) is 2. The fourth-order valence-corrected chi connectivity index (χ4v) is 1.54. The van der Waals surface area contributed by atoms with Crippen molar-refractivity contribution in [1.82, 2.24) is 4.98 Å². The number of carbonyl (C=O) groups excluding carboxylic acids is 2. The standard InChI is InChI=1S/C14H14N2O4/c1-19-11-6-4-10(5-7-11)16-13(17)9-20-14(18)12-3-2-8-15-12/h2-8,15H,9H2,1H3,(H,16,17). The average Bonchev–Trinajstić information content (AvgIpc) is 3.00. The SMILES string of the molecule is COc1ccc(NC(=O)COC(=O)c2ccc[nH]2)cc1. The van der Waals surface area contributed by atoms with E-state index < -0.39 is 11.9 Å². The van der Waals surface area contributed by atoms with Crippen molar-refractivity contribution in [2.24, 2.45) is 0 Å². The lowest BCUT2D eigenvalue weighted by atomic mass is 10.3. The van der Waals surface area contributed by atoms with Crippen LogP contribution in [0.5, 0.6) is 5.75 Å². The molecule has 0 radical (unpaired) electrons. The van der Waals surface area contributed by atoms with E-state index in [1.54, 1.807) is 49.7 Å². The number of hydrogen-bond acceptors (Lipinski definition) is 4. The monoisotopic (exact) mass is 274 g/mol. The predicted molar refractivity (Wildman–Crippen MR) is 72.7 cm³/mol. The molecule has 0 aliphatic carbocycles. The van der Waals surface area contributed by atoms with Gasteiger partial charge in [0, 0.05) is 11.9 Å². The third kappa shape index (κ3) is 3.61. The van der Waals surface area contributed by atoms with Crippen LogP contribution < -0.4 is 10.1 Å². The number of aromatic nitrogens is 1. The number of amides is 1. The van der Waals surface area contributed by atoms with Crippen molar-refractivity contribution in [2.45, 2.75) is 0 Å². The largest absolute Gasteiger partial charge is 0.497 e. The summed E-state index contributed by atoms with van der Waals surface area (Å²) in [5.74, 6) is -0.281. The second kappa shape index (κ2) is 6.42. The maximum absolute atomic E-state index is 11.6. The lowest BCUT2D eigenvalue weighted by Crippen LogP contribution is -2.21. The van der Waals surface area contributed by atoms with Crippen molar-refractivity contribution in [2.75, 3.05) is 19.0 Å². The summed E-state index contributed by atoms with van der Waals surface area (Å²) in [5, 5.41) is 2.61. The highest BCUT2D eigenvalue weighted by atomic mass is 16.5. The first kappa shape index (κ1) is 13.7. The van der Waals surface area contributed by atoms with Gasteiger partial charge in [0.15, 0.2) is 6.61 Å². The Morgan fingerprint density at radius 2 is 1.95 bits per heavy atom. The van der Waals surface area contributed by atoms with Gasteiger partial charge in [0.05, 0.1) is 7.11 Å². The van der Waals surface area contributed by atoms with Gasteiger partial charge in [-0.1, -0.05) is 0 Å².